The molecule has 1 aromatic rings. The summed E-state index contributed by atoms with van der Waals surface area (Å²) >= 11 is 0. The van der Waals surface area contributed by atoms with E-state index in [1.54, 1.807) is 19.0 Å². The number of hydrogen-bond donors (Lipinski definition) is 1. The van der Waals surface area contributed by atoms with Gasteiger partial charge in [0, 0.05) is 46.5 Å². The molecule has 1 atom stereocenters. The van der Waals surface area contributed by atoms with Gasteiger partial charge < -0.3 is 14.7 Å². The van der Waals surface area contributed by atoms with E-state index in [-0.39, 0.29) is 12.5 Å². The Hall–Kier alpha value is -2.14. The SMILES string of the molecule is CN(C)C(=O)COCCC1CN(CC2CCCC2)Cc2ccnn21.O=C(O)C(F)(F)F. The Kier molecular flexibility index (Phi) is 9.30. The van der Waals surface area contributed by atoms with Crippen molar-refractivity contribution in [3.63, 3.8) is 0 Å². The number of carbonyl (C=O) groups is 2. The van der Waals surface area contributed by atoms with Gasteiger partial charge in [-0.1, -0.05) is 12.8 Å². The lowest BCUT2D eigenvalue weighted by molar-refractivity contribution is -0.192. The van der Waals surface area contributed by atoms with Crippen LogP contribution in [0.2, 0.25) is 0 Å². The molecule has 176 valence electrons. The summed E-state index contributed by atoms with van der Waals surface area (Å²) in [7, 11) is 3.51. The monoisotopic (exact) mass is 448 g/mol. The maximum atomic E-state index is 11.6. The van der Waals surface area contributed by atoms with E-state index in [2.05, 4.69) is 20.7 Å². The molecule has 2 aliphatic rings. The Morgan fingerprint density at radius 1 is 1.29 bits per heavy atom. The lowest BCUT2D eigenvalue weighted by Gasteiger charge is -2.35. The molecule has 0 saturated heterocycles. The Morgan fingerprint density at radius 3 is 2.52 bits per heavy atom. The highest BCUT2D eigenvalue weighted by Gasteiger charge is 2.38. The van der Waals surface area contributed by atoms with Crippen LogP contribution in [-0.4, -0.2) is 83.1 Å². The zero-order valence-corrected chi connectivity index (χ0v) is 18.0. The molecule has 1 aliphatic heterocycles. The molecule has 1 aromatic heterocycles. The smallest absolute Gasteiger partial charge is 0.475 e. The molecule has 0 bridgehead atoms. The predicted molar refractivity (Wildman–Crippen MR) is 106 cm³/mol. The minimum atomic E-state index is -5.08. The third-order valence-electron chi connectivity index (χ3n) is 5.51. The summed E-state index contributed by atoms with van der Waals surface area (Å²) in [6.07, 6.45) is 3.28. The Bertz CT molecular complexity index is 718. The molecule has 1 unspecified atom stereocenters. The van der Waals surface area contributed by atoms with Crippen molar-refractivity contribution < 1.29 is 32.6 Å². The van der Waals surface area contributed by atoms with E-state index >= 15 is 0 Å². The van der Waals surface area contributed by atoms with Crippen LogP contribution in [0.3, 0.4) is 0 Å². The molecule has 1 fully saturated rings. The van der Waals surface area contributed by atoms with Crippen molar-refractivity contribution in [3.05, 3.63) is 18.0 Å². The van der Waals surface area contributed by atoms with E-state index in [0.29, 0.717) is 12.6 Å². The maximum absolute atomic E-state index is 11.6. The molecule has 0 aromatic carbocycles. The van der Waals surface area contributed by atoms with Gasteiger partial charge in [0.05, 0.1) is 11.7 Å². The fraction of sp³-hybridized carbons (Fsp3) is 0.750. The summed E-state index contributed by atoms with van der Waals surface area (Å²) in [4.78, 5) is 24.6. The van der Waals surface area contributed by atoms with Gasteiger partial charge in [-0.15, -0.1) is 0 Å². The van der Waals surface area contributed by atoms with Gasteiger partial charge in [-0.2, -0.15) is 18.3 Å². The number of alkyl halides is 3. The number of carboxylic acids is 1. The van der Waals surface area contributed by atoms with Gasteiger partial charge in [0.1, 0.15) is 6.61 Å². The van der Waals surface area contributed by atoms with Crippen molar-refractivity contribution in [3.8, 4) is 0 Å². The van der Waals surface area contributed by atoms with Gasteiger partial charge in [-0.3, -0.25) is 14.4 Å². The molecule has 1 N–H and O–H groups in total. The minimum Gasteiger partial charge on any atom is -0.475 e. The highest BCUT2D eigenvalue weighted by atomic mass is 19.4. The van der Waals surface area contributed by atoms with Gasteiger partial charge in [-0.25, -0.2) is 4.79 Å². The number of carboxylic acid groups (broad SMARTS) is 1. The van der Waals surface area contributed by atoms with E-state index in [1.807, 2.05) is 6.20 Å². The van der Waals surface area contributed by atoms with Crippen molar-refractivity contribution >= 4 is 11.9 Å². The second-order valence-electron chi connectivity index (χ2n) is 8.20. The van der Waals surface area contributed by atoms with Crippen LogP contribution in [0, 0.1) is 5.92 Å². The molecular weight excluding hydrogens is 417 g/mol. The van der Waals surface area contributed by atoms with Crippen LogP contribution in [0.1, 0.15) is 43.8 Å². The number of aliphatic carboxylic acids is 1. The number of hydrogen-bond acceptors (Lipinski definition) is 5. The zero-order chi connectivity index (χ0) is 23.0. The number of aromatic nitrogens is 2. The molecular formula is C20H31F3N4O4. The van der Waals surface area contributed by atoms with E-state index in [0.717, 1.165) is 25.4 Å². The third kappa shape index (κ3) is 8.13. The Labute approximate surface area is 179 Å². The highest BCUT2D eigenvalue weighted by molar-refractivity contribution is 5.76. The fourth-order valence-corrected chi connectivity index (χ4v) is 3.88. The number of ether oxygens (including phenoxy) is 1. The quantitative estimate of drug-likeness (QED) is 0.645. The Morgan fingerprint density at radius 2 is 1.94 bits per heavy atom. The zero-order valence-electron chi connectivity index (χ0n) is 18.0. The topological polar surface area (TPSA) is 87.9 Å². The van der Waals surface area contributed by atoms with E-state index in [1.165, 1.54) is 37.9 Å². The number of likely N-dealkylation sites (N-methyl/N-ethyl adjacent to an activating group) is 1. The lowest BCUT2D eigenvalue weighted by Crippen LogP contribution is -2.40. The first kappa shape index (κ1) is 25.1. The molecule has 1 saturated carbocycles. The molecule has 1 aliphatic carbocycles. The number of fused-ring (bicyclic) bond motifs is 1. The second kappa shape index (κ2) is 11.5. The molecule has 1 amide bonds. The Balaban J connectivity index is 0.000000423. The van der Waals surface area contributed by atoms with E-state index < -0.39 is 12.1 Å². The summed E-state index contributed by atoms with van der Waals surface area (Å²) < 4.78 is 39.5. The van der Waals surface area contributed by atoms with Gasteiger partial charge in [0.15, 0.2) is 0 Å². The van der Waals surface area contributed by atoms with Crippen molar-refractivity contribution in [2.24, 2.45) is 5.92 Å². The molecule has 0 radical (unpaired) electrons. The van der Waals surface area contributed by atoms with Gasteiger partial charge in [0.25, 0.3) is 0 Å². The first-order chi connectivity index (χ1) is 14.6. The van der Waals surface area contributed by atoms with Crippen LogP contribution in [-0.2, 0) is 20.9 Å². The standard InChI is InChI=1S/C18H30N4O2.C2HF3O2/c1-20(2)18(23)14-24-10-8-17-13-21(11-15-5-3-4-6-15)12-16-7-9-19-22(16)17;3-2(4,5)1(6)7/h7,9,15,17H,3-6,8,10-14H2,1-2H3;(H,6,7). The molecule has 0 spiro atoms. The predicted octanol–water partition coefficient (Wildman–Crippen LogP) is 2.56. The average Bonchev–Trinajstić information content (AvgIpc) is 3.36. The van der Waals surface area contributed by atoms with Gasteiger partial charge in [0.2, 0.25) is 5.91 Å². The number of amides is 1. The maximum Gasteiger partial charge on any atom is 0.490 e. The fourth-order valence-electron chi connectivity index (χ4n) is 3.88. The van der Waals surface area contributed by atoms with Crippen molar-refractivity contribution in [2.45, 2.75) is 50.9 Å². The van der Waals surface area contributed by atoms with Crippen LogP contribution >= 0.6 is 0 Å². The van der Waals surface area contributed by atoms with Crippen molar-refractivity contribution in [2.75, 3.05) is 40.4 Å². The summed E-state index contributed by atoms with van der Waals surface area (Å²) in [5.74, 6) is -1.87. The summed E-state index contributed by atoms with van der Waals surface area (Å²) in [6, 6.07) is 2.48. The average molecular weight is 448 g/mol. The van der Waals surface area contributed by atoms with Gasteiger partial charge in [-0.05, 0) is 31.2 Å². The van der Waals surface area contributed by atoms with Crippen LogP contribution in [0.25, 0.3) is 0 Å². The van der Waals surface area contributed by atoms with E-state index in [4.69, 9.17) is 14.6 Å². The number of nitrogens with zero attached hydrogens (tertiary/aromatic N) is 4. The summed E-state index contributed by atoms with van der Waals surface area (Å²) in [6.45, 7) is 4.02. The second-order valence-corrected chi connectivity index (χ2v) is 8.20. The van der Waals surface area contributed by atoms with E-state index in [9.17, 15) is 18.0 Å². The lowest BCUT2D eigenvalue weighted by atomic mass is 10.1. The molecule has 3 rings (SSSR count). The number of carbonyl (C=O) groups excluding carboxylic acids is 1. The molecule has 8 nitrogen and oxygen atoms in total. The van der Waals surface area contributed by atoms with Crippen LogP contribution in [0.4, 0.5) is 13.2 Å². The van der Waals surface area contributed by atoms with Crippen LogP contribution in [0.15, 0.2) is 12.3 Å². The van der Waals surface area contributed by atoms with Gasteiger partial charge >= 0.3 is 12.1 Å². The van der Waals surface area contributed by atoms with Crippen LogP contribution < -0.4 is 0 Å². The molecule has 11 heteroatoms. The summed E-state index contributed by atoms with van der Waals surface area (Å²) in [5, 5.41) is 11.6. The third-order valence-corrected chi connectivity index (χ3v) is 5.51. The van der Waals surface area contributed by atoms with Crippen molar-refractivity contribution in [1.29, 1.82) is 0 Å². The number of halogens is 3. The summed E-state index contributed by atoms with van der Waals surface area (Å²) in [5.41, 5.74) is 1.30. The van der Waals surface area contributed by atoms with Crippen molar-refractivity contribution in [1.82, 2.24) is 19.6 Å². The number of rotatable bonds is 7. The first-order valence-electron chi connectivity index (χ1n) is 10.4. The highest BCUT2D eigenvalue weighted by Crippen LogP contribution is 2.29. The first-order valence-corrected chi connectivity index (χ1v) is 10.4. The molecule has 31 heavy (non-hydrogen) atoms. The normalized spacial score (nSPS) is 19.5. The van der Waals surface area contributed by atoms with Crippen LogP contribution in [0.5, 0.6) is 0 Å². The minimum absolute atomic E-state index is 0.0151. The molecule has 2 heterocycles. The largest absolute Gasteiger partial charge is 0.490 e.